The topological polar surface area (TPSA) is 130 Å². The molecule has 3 aromatic heterocycles. The van der Waals surface area contributed by atoms with E-state index in [1.807, 2.05) is 42.0 Å². The van der Waals surface area contributed by atoms with Crippen LogP contribution in [0.1, 0.15) is 25.8 Å². The molecule has 9 nitrogen and oxygen atoms in total. The van der Waals surface area contributed by atoms with Crippen molar-refractivity contribution in [2.24, 2.45) is 15.9 Å². The van der Waals surface area contributed by atoms with E-state index in [1.165, 1.54) is 30.9 Å². The molecular formula is C24H23FN8O. The third-order valence-electron chi connectivity index (χ3n) is 5.68. The van der Waals surface area contributed by atoms with Crippen molar-refractivity contribution in [1.29, 1.82) is 0 Å². The molecule has 0 radical (unpaired) electrons. The van der Waals surface area contributed by atoms with Crippen molar-refractivity contribution in [3.05, 3.63) is 60.9 Å². The number of hydrogen-bond acceptors (Lipinski definition) is 8. The highest BCUT2D eigenvalue weighted by Crippen LogP contribution is 2.36. The maximum absolute atomic E-state index is 13.9. The van der Waals surface area contributed by atoms with E-state index < -0.39 is 5.82 Å². The molecule has 172 valence electrons. The number of hydrazone groups is 1. The molecule has 3 heterocycles. The monoisotopic (exact) mass is 458 g/mol. The van der Waals surface area contributed by atoms with E-state index in [4.69, 9.17) is 16.3 Å². The highest BCUT2D eigenvalue weighted by molar-refractivity contribution is 6.32. The number of anilines is 1. The largest absolute Gasteiger partial charge is 0.490 e. The van der Waals surface area contributed by atoms with E-state index in [2.05, 4.69) is 25.0 Å². The van der Waals surface area contributed by atoms with Crippen LogP contribution in [0.4, 0.5) is 16.0 Å². The van der Waals surface area contributed by atoms with Gasteiger partial charge in [-0.15, -0.1) is 0 Å². The normalized spacial score (nSPS) is 15.2. The van der Waals surface area contributed by atoms with Crippen LogP contribution in [0.25, 0.3) is 22.2 Å². The first-order valence-electron chi connectivity index (χ1n) is 10.9. The van der Waals surface area contributed by atoms with Gasteiger partial charge < -0.3 is 20.9 Å². The fourth-order valence-electron chi connectivity index (χ4n) is 3.71. The molecule has 1 atom stereocenters. The van der Waals surface area contributed by atoms with E-state index >= 15 is 0 Å². The summed E-state index contributed by atoms with van der Waals surface area (Å²) in [6, 6.07) is 10.3. The molecule has 4 aromatic rings. The molecule has 5 rings (SSSR count). The van der Waals surface area contributed by atoms with Gasteiger partial charge in [0.25, 0.3) is 0 Å². The summed E-state index contributed by atoms with van der Waals surface area (Å²) in [6.07, 6.45) is 8.73. The van der Waals surface area contributed by atoms with E-state index in [1.54, 1.807) is 0 Å². The average molecular weight is 459 g/mol. The quantitative estimate of drug-likeness (QED) is 0.244. The summed E-state index contributed by atoms with van der Waals surface area (Å²) in [4.78, 5) is 16.7. The fraction of sp³-hybridized carbons (Fsp3) is 0.208. The van der Waals surface area contributed by atoms with Crippen LogP contribution in [0.5, 0.6) is 5.75 Å². The summed E-state index contributed by atoms with van der Waals surface area (Å²) in [5.41, 5.74) is 9.07. The van der Waals surface area contributed by atoms with E-state index in [-0.39, 0.29) is 11.9 Å². The second-order valence-corrected chi connectivity index (χ2v) is 8.05. The Labute approximate surface area is 195 Å². The van der Waals surface area contributed by atoms with Crippen LogP contribution < -0.4 is 16.3 Å². The Morgan fingerprint density at radius 3 is 2.71 bits per heavy atom. The number of nitrogens with two attached hydrogens (primary N) is 2. The van der Waals surface area contributed by atoms with Crippen LogP contribution in [-0.4, -0.2) is 37.5 Å². The predicted octanol–water partition coefficient (Wildman–Crippen LogP) is 4.03. The smallest absolute Gasteiger partial charge is 0.188 e. The molecule has 0 spiro atoms. The summed E-state index contributed by atoms with van der Waals surface area (Å²) in [6.45, 7) is 1.89. The zero-order valence-electron chi connectivity index (χ0n) is 18.5. The van der Waals surface area contributed by atoms with Gasteiger partial charge >= 0.3 is 0 Å². The number of fused-ring (bicyclic) bond motifs is 1. The van der Waals surface area contributed by atoms with Crippen molar-refractivity contribution in [1.82, 2.24) is 19.5 Å². The van der Waals surface area contributed by atoms with E-state index in [0.29, 0.717) is 28.7 Å². The maximum Gasteiger partial charge on any atom is 0.188 e. The molecule has 1 aromatic carbocycles. The lowest BCUT2D eigenvalue weighted by Gasteiger charge is -2.14. The molecule has 0 aliphatic heterocycles. The minimum atomic E-state index is -0.536. The lowest BCUT2D eigenvalue weighted by molar-refractivity contribution is 0.303. The Bertz CT molecular complexity index is 1390. The van der Waals surface area contributed by atoms with Gasteiger partial charge in [0.1, 0.15) is 29.3 Å². The number of ether oxygens (including phenoxy) is 1. The molecule has 1 unspecified atom stereocenters. The molecule has 0 bridgehead atoms. The SMILES string of the molecule is CC(C(C=Nc1ncccc1F)=NN)n1cc(-c2ccc(OC3CC3)cc2)c2c(N)ncnc21. The third-order valence-corrected chi connectivity index (χ3v) is 5.68. The van der Waals surface area contributed by atoms with Gasteiger partial charge in [0, 0.05) is 18.0 Å². The number of nitrogen functional groups attached to an aromatic ring is 1. The number of pyridine rings is 1. The number of aliphatic imine (C=N–C) groups is 1. The summed E-state index contributed by atoms with van der Waals surface area (Å²) in [7, 11) is 0. The average Bonchev–Trinajstić information content (AvgIpc) is 3.57. The number of halogens is 1. The number of benzene rings is 1. The first-order chi connectivity index (χ1) is 16.5. The number of aromatic nitrogens is 4. The second kappa shape index (κ2) is 8.89. The molecule has 0 saturated heterocycles. The Kier molecular flexibility index (Phi) is 5.62. The molecule has 1 saturated carbocycles. The Morgan fingerprint density at radius 2 is 2.00 bits per heavy atom. The zero-order valence-corrected chi connectivity index (χ0v) is 18.5. The lowest BCUT2D eigenvalue weighted by atomic mass is 10.1. The number of nitrogens with zero attached hydrogens (tertiary/aromatic N) is 6. The lowest BCUT2D eigenvalue weighted by Crippen LogP contribution is -2.19. The maximum atomic E-state index is 13.9. The van der Waals surface area contributed by atoms with Gasteiger partial charge in [0.05, 0.1) is 23.7 Å². The van der Waals surface area contributed by atoms with Crippen molar-refractivity contribution in [3.8, 4) is 16.9 Å². The fourth-order valence-corrected chi connectivity index (χ4v) is 3.71. The van der Waals surface area contributed by atoms with Crippen molar-refractivity contribution in [2.75, 3.05) is 5.73 Å². The van der Waals surface area contributed by atoms with Crippen LogP contribution in [0.3, 0.4) is 0 Å². The van der Waals surface area contributed by atoms with Crippen molar-refractivity contribution in [3.63, 3.8) is 0 Å². The van der Waals surface area contributed by atoms with Crippen molar-refractivity contribution in [2.45, 2.75) is 31.9 Å². The minimum Gasteiger partial charge on any atom is -0.490 e. The van der Waals surface area contributed by atoms with Gasteiger partial charge in [-0.05, 0) is 49.6 Å². The molecule has 4 N–H and O–H groups in total. The molecule has 34 heavy (non-hydrogen) atoms. The first kappa shape index (κ1) is 21.5. The van der Waals surface area contributed by atoms with Gasteiger partial charge in [-0.25, -0.2) is 24.3 Å². The molecule has 0 amide bonds. The van der Waals surface area contributed by atoms with Gasteiger partial charge in [-0.2, -0.15) is 5.10 Å². The third kappa shape index (κ3) is 4.17. The minimum absolute atomic E-state index is 0.0472. The highest BCUT2D eigenvalue weighted by Gasteiger charge is 2.24. The molecule has 1 fully saturated rings. The summed E-state index contributed by atoms with van der Waals surface area (Å²) in [5.74, 6) is 6.28. The van der Waals surface area contributed by atoms with E-state index in [0.717, 1.165) is 29.7 Å². The summed E-state index contributed by atoms with van der Waals surface area (Å²) >= 11 is 0. The van der Waals surface area contributed by atoms with Gasteiger partial charge in [0.2, 0.25) is 0 Å². The molecule has 10 heteroatoms. The number of rotatable bonds is 7. The standard InChI is InChI=1S/C24H23FN8O/c1-14(20(32-27)11-29-23-19(25)3-2-10-28-23)33-12-18(21-22(26)30-13-31-24(21)33)15-4-6-16(7-5-15)34-17-8-9-17/h2-7,10-14,17H,8-9,27H2,1H3,(H2,26,30,31). The van der Waals surface area contributed by atoms with Crippen LogP contribution in [0.2, 0.25) is 0 Å². The first-order valence-corrected chi connectivity index (χ1v) is 10.9. The zero-order chi connectivity index (χ0) is 23.7. The Hall–Kier alpha value is -4.34. The molecule has 1 aliphatic carbocycles. The number of hydrogen-bond donors (Lipinski definition) is 2. The van der Waals surface area contributed by atoms with Gasteiger partial charge in [0.15, 0.2) is 11.6 Å². The van der Waals surface area contributed by atoms with Crippen molar-refractivity contribution >= 4 is 34.6 Å². The second-order valence-electron chi connectivity index (χ2n) is 8.05. The van der Waals surface area contributed by atoms with Crippen molar-refractivity contribution < 1.29 is 9.13 Å². The van der Waals surface area contributed by atoms with Crippen LogP contribution in [0.15, 0.2) is 65.2 Å². The summed E-state index contributed by atoms with van der Waals surface area (Å²) < 4.78 is 21.7. The molecule has 1 aliphatic rings. The van der Waals surface area contributed by atoms with E-state index in [9.17, 15) is 4.39 Å². The Morgan fingerprint density at radius 1 is 1.21 bits per heavy atom. The van der Waals surface area contributed by atoms with Crippen LogP contribution in [-0.2, 0) is 0 Å². The molecular weight excluding hydrogens is 435 g/mol. The summed E-state index contributed by atoms with van der Waals surface area (Å²) in [5, 5.41) is 4.59. The Balaban J connectivity index is 1.52. The van der Waals surface area contributed by atoms with Crippen LogP contribution in [0, 0.1) is 5.82 Å². The van der Waals surface area contributed by atoms with Gasteiger partial charge in [-0.1, -0.05) is 12.1 Å². The highest BCUT2D eigenvalue weighted by atomic mass is 19.1. The van der Waals surface area contributed by atoms with Crippen LogP contribution >= 0.6 is 0 Å². The van der Waals surface area contributed by atoms with Gasteiger partial charge in [-0.3, -0.25) is 0 Å². The predicted molar refractivity (Wildman–Crippen MR) is 130 cm³/mol.